The molecule has 18 heavy (non-hydrogen) atoms. The van der Waals surface area contributed by atoms with E-state index in [9.17, 15) is 4.79 Å². The first-order chi connectivity index (χ1) is 8.58. The smallest absolute Gasteiger partial charge is 0.283 e. The third-order valence-electron chi connectivity index (χ3n) is 2.69. The number of benzene rings is 1. The summed E-state index contributed by atoms with van der Waals surface area (Å²) in [6.07, 6.45) is 0. The molecule has 0 aliphatic carbocycles. The van der Waals surface area contributed by atoms with Gasteiger partial charge < -0.3 is 0 Å². The molecular formula is C12H14N4OS. The summed E-state index contributed by atoms with van der Waals surface area (Å²) in [5.74, 6) is -0.222. The highest BCUT2D eigenvalue weighted by molar-refractivity contribution is 7.08. The van der Waals surface area contributed by atoms with Crippen molar-refractivity contribution in [1.29, 1.82) is 0 Å². The fourth-order valence-electron chi connectivity index (χ4n) is 1.44. The molecule has 0 saturated heterocycles. The number of aryl methyl sites for hydroxylation is 3. The summed E-state index contributed by atoms with van der Waals surface area (Å²) in [5, 5.41) is 3.80. The van der Waals surface area contributed by atoms with E-state index in [0.29, 0.717) is 10.6 Å². The van der Waals surface area contributed by atoms with Crippen molar-refractivity contribution in [3.8, 4) is 0 Å². The molecule has 2 aromatic rings. The van der Waals surface area contributed by atoms with Crippen molar-refractivity contribution < 1.29 is 4.79 Å². The van der Waals surface area contributed by atoms with Crippen LogP contribution < -0.4 is 10.9 Å². The lowest BCUT2D eigenvalue weighted by molar-refractivity contribution is 0.0966. The fourth-order valence-corrected chi connectivity index (χ4v) is 2.00. The Kier molecular flexibility index (Phi) is 3.57. The zero-order valence-electron chi connectivity index (χ0n) is 10.4. The van der Waals surface area contributed by atoms with Gasteiger partial charge in [0.05, 0.1) is 11.4 Å². The number of aromatic nitrogens is 2. The van der Waals surface area contributed by atoms with Crippen LogP contribution in [0.3, 0.4) is 0 Å². The second-order valence-corrected chi connectivity index (χ2v) is 4.82. The number of carbonyl (C=O) groups excluding carboxylic acids is 1. The molecule has 1 aromatic heterocycles. The van der Waals surface area contributed by atoms with Crippen LogP contribution >= 0.6 is 11.5 Å². The molecule has 0 saturated carbocycles. The van der Waals surface area contributed by atoms with Crippen molar-refractivity contribution in [1.82, 2.24) is 15.0 Å². The first-order valence-corrected chi connectivity index (χ1v) is 6.28. The number of hydrazine groups is 1. The molecule has 2 rings (SSSR count). The Morgan fingerprint density at radius 1 is 1.22 bits per heavy atom. The molecular weight excluding hydrogens is 248 g/mol. The van der Waals surface area contributed by atoms with Gasteiger partial charge in [-0.2, -0.15) is 0 Å². The second-order valence-electron chi connectivity index (χ2n) is 4.07. The van der Waals surface area contributed by atoms with Gasteiger partial charge in [-0.25, -0.2) is 0 Å². The van der Waals surface area contributed by atoms with Crippen LogP contribution in [-0.2, 0) is 0 Å². The maximum atomic E-state index is 11.8. The summed E-state index contributed by atoms with van der Waals surface area (Å²) >= 11 is 1.09. The largest absolute Gasteiger partial charge is 0.298 e. The van der Waals surface area contributed by atoms with Crippen LogP contribution in [0, 0.1) is 20.8 Å². The van der Waals surface area contributed by atoms with E-state index in [-0.39, 0.29) is 5.91 Å². The number of rotatable bonds is 3. The molecule has 5 nitrogen and oxygen atoms in total. The van der Waals surface area contributed by atoms with Crippen LogP contribution in [0.2, 0.25) is 0 Å². The SMILES string of the molecule is Cc1ccc(NNC(=O)c2snnc2C)cc1C. The van der Waals surface area contributed by atoms with Gasteiger partial charge in [0.2, 0.25) is 0 Å². The second kappa shape index (κ2) is 5.14. The molecule has 94 valence electrons. The Hall–Kier alpha value is -1.95. The monoisotopic (exact) mass is 262 g/mol. The molecule has 2 N–H and O–H groups in total. The number of hydrogen-bond acceptors (Lipinski definition) is 5. The average Bonchev–Trinajstić information content (AvgIpc) is 2.77. The lowest BCUT2D eigenvalue weighted by Crippen LogP contribution is -2.29. The molecule has 0 fully saturated rings. The summed E-state index contributed by atoms with van der Waals surface area (Å²) in [4.78, 5) is 12.3. The van der Waals surface area contributed by atoms with Gasteiger partial charge in [0.25, 0.3) is 5.91 Å². The molecule has 1 heterocycles. The van der Waals surface area contributed by atoms with Crippen LogP contribution in [0.1, 0.15) is 26.5 Å². The standard InChI is InChI=1S/C12H14N4OS/c1-7-4-5-10(6-8(7)2)14-15-12(17)11-9(3)13-16-18-11/h4-6,14H,1-3H3,(H,15,17). The molecule has 0 aliphatic rings. The van der Waals surface area contributed by atoms with E-state index in [1.165, 1.54) is 11.1 Å². The highest BCUT2D eigenvalue weighted by Crippen LogP contribution is 2.14. The lowest BCUT2D eigenvalue weighted by atomic mass is 10.1. The minimum absolute atomic E-state index is 0.222. The number of nitrogens with one attached hydrogen (secondary N) is 2. The molecule has 0 unspecified atom stereocenters. The summed E-state index contributed by atoms with van der Waals surface area (Å²) in [6.45, 7) is 5.83. The lowest BCUT2D eigenvalue weighted by Gasteiger charge is -2.09. The zero-order valence-corrected chi connectivity index (χ0v) is 11.3. The molecule has 0 radical (unpaired) electrons. The van der Waals surface area contributed by atoms with Gasteiger partial charge in [0.1, 0.15) is 4.88 Å². The van der Waals surface area contributed by atoms with Gasteiger partial charge in [-0.1, -0.05) is 10.6 Å². The predicted octanol–water partition coefficient (Wildman–Crippen LogP) is 2.22. The highest BCUT2D eigenvalue weighted by atomic mass is 32.1. The Morgan fingerprint density at radius 2 is 2.00 bits per heavy atom. The summed E-state index contributed by atoms with van der Waals surface area (Å²) < 4.78 is 3.73. The van der Waals surface area contributed by atoms with E-state index in [1.54, 1.807) is 6.92 Å². The van der Waals surface area contributed by atoms with Gasteiger partial charge >= 0.3 is 0 Å². The van der Waals surface area contributed by atoms with Crippen molar-refractivity contribution in [3.63, 3.8) is 0 Å². The minimum atomic E-state index is -0.222. The van der Waals surface area contributed by atoms with Crippen molar-refractivity contribution in [2.24, 2.45) is 0 Å². The van der Waals surface area contributed by atoms with Crippen LogP contribution in [0.4, 0.5) is 5.69 Å². The summed E-state index contributed by atoms with van der Waals surface area (Å²) in [6, 6.07) is 5.90. The van der Waals surface area contributed by atoms with Crippen LogP contribution in [-0.4, -0.2) is 15.5 Å². The van der Waals surface area contributed by atoms with Crippen molar-refractivity contribution >= 4 is 23.1 Å². The first kappa shape index (κ1) is 12.5. The molecule has 0 spiro atoms. The van der Waals surface area contributed by atoms with Gasteiger partial charge in [0.15, 0.2) is 0 Å². The Bertz CT molecular complexity index is 579. The maximum absolute atomic E-state index is 11.8. The molecule has 1 aromatic carbocycles. The van der Waals surface area contributed by atoms with E-state index < -0.39 is 0 Å². The molecule has 0 atom stereocenters. The van der Waals surface area contributed by atoms with Gasteiger partial charge in [-0.05, 0) is 55.6 Å². The average molecular weight is 262 g/mol. The fraction of sp³-hybridized carbons (Fsp3) is 0.250. The van der Waals surface area contributed by atoms with Crippen molar-refractivity contribution in [2.75, 3.05) is 5.43 Å². The minimum Gasteiger partial charge on any atom is -0.298 e. The number of carbonyl (C=O) groups is 1. The Labute approximate surface area is 109 Å². The molecule has 0 bridgehead atoms. The van der Waals surface area contributed by atoms with Crippen LogP contribution in [0.25, 0.3) is 0 Å². The van der Waals surface area contributed by atoms with Gasteiger partial charge in [0, 0.05) is 0 Å². The third-order valence-corrected chi connectivity index (χ3v) is 3.51. The molecule has 1 amide bonds. The highest BCUT2D eigenvalue weighted by Gasteiger charge is 2.12. The topological polar surface area (TPSA) is 66.9 Å². The number of hydrogen-bond donors (Lipinski definition) is 2. The summed E-state index contributed by atoms with van der Waals surface area (Å²) in [5.41, 5.74) is 9.39. The van der Waals surface area contributed by atoms with E-state index >= 15 is 0 Å². The van der Waals surface area contributed by atoms with Gasteiger partial charge in [-0.15, -0.1) is 5.10 Å². The van der Waals surface area contributed by atoms with Gasteiger partial charge in [-0.3, -0.25) is 15.6 Å². The van der Waals surface area contributed by atoms with E-state index in [0.717, 1.165) is 17.2 Å². The van der Waals surface area contributed by atoms with Crippen molar-refractivity contribution in [2.45, 2.75) is 20.8 Å². The third kappa shape index (κ3) is 2.65. The molecule has 0 aliphatic heterocycles. The van der Waals surface area contributed by atoms with E-state index in [1.807, 2.05) is 32.0 Å². The van der Waals surface area contributed by atoms with E-state index in [4.69, 9.17) is 0 Å². The van der Waals surface area contributed by atoms with E-state index in [2.05, 4.69) is 20.4 Å². The first-order valence-electron chi connectivity index (χ1n) is 5.50. The Balaban J connectivity index is 2.02. The zero-order chi connectivity index (χ0) is 13.1. The number of anilines is 1. The molecule has 6 heteroatoms. The number of amides is 1. The quantitative estimate of drug-likeness (QED) is 0.832. The summed E-state index contributed by atoms with van der Waals surface area (Å²) in [7, 11) is 0. The Morgan fingerprint density at radius 3 is 2.61 bits per heavy atom. The van der Waals surface area contributed by atoms with Crippen molar-refractivity contribution in [3.05, 3.63) is 39.9 Å². The predicted molar refractivity (Wildman–Crippen MR) is 71.7 cm³/mol. The maximum Gasteiger partial charge on any atom is 0.283 e. The van der Waals surface area contributed by atoms with Crippen LogP contribution in [0.15, 0.2) is 18.2 Å². The van der Waals surface area contributed by atoms with Crippen LogP contribution in [0.5, 0.6) is 0 Å². The normalized spacial score (nSPS) is 10.2. The number of nitrogens with zero attached hydrogens (tertiary/aromatic N) is 2.